The summed E-state index contributed by atoms with van der Waals surface area (Å²) in [5.41, 5.74) is 3.40. The Bertz CT molecular complexity index is 1680. The van der Waals surface area contributed by atoms with E-state index in [9.17, 15) is 17.6 Å². The Kier molecular flexibility index (Phi) is 5.25. The lowest BCUT2D eigenvalue weighted by atomic mass is 10.2. The lowest BCUT2D eigenvalue weighted by Crippen LogP contribution is -2.17. The van der Waals surface area contributed by atoms with Gasteiger partial charge in [-0.1, -0.05) is 12.1 Å². The van der Waals surface area contributed by atoms with Crippen LogP contribution in [0.25, 0.3) is 21.8 Å². The number of aromatic nitrogens is 2. The average molecular weight is 476 g/mol. The van der Waals surface area contributed by atoms with Crippen LogP contribution in [0.2, 0.25) is 0 Å². The fourth-order valence-electron chi connectivity index (χ4n) is 4.21. The second kappa shape index (κ2) is 8.14. The zero-order valence-corrected chi connectivity index (χ0v) is 19.4. The van der Waals surface area contributed by atoms with Gasteiger partial charge in [-0.05, 0) is 66.2 Å². The summed E-state index contributed by atoms with van der Waals surface area (Å²) in [7, 11) is -1.46. The number of nitrogens with one attached hydrogen (secondary N) is 1. The van der Waals surface area contributed by atoms with Crippen molar-refractivity contribution in [1.82, 2.24) is 9.13 Å². The number of carbonyl (C=O) groups is 1. The quantitative estimate of drug-likeness (QED) is 0.390. The SMILES string of the molecule is Cn1ccc2cc(NC(=O)c3cc4cc(S(C)(=O)=O)ccc4n3Cc3cccc(F)c3)ccc21. The maximum atomic E-state index is 13.8. The van der Waals surface area contributed by atoms with Gasteiger partial charge in [-0.15, -0.1) is 0 Å². The van der Waals surface area contributed by atoms with Crippen LogP contribution in [-0.4, -0.2) is 29.7 Å². The van der Waals surface area contributed by atoms with Crippen molar-refractivity contribution in [3.05, 3.63) is 96.1 Å². The molecule has 34 heavy (non-hydrogen) atoms. The third-order valence-electron chi connectivity index (χ3n) is 5.91. The molecule has 0 unspecified atom stereocenters. The zero-order chi connectivity index (χ0) is 24.0. The average Bonchev–Trinajstić information content (AvgIpc) is 3.33. The molecule has 3 aromatic carbocycles. The number of amides is 1. The summed E-state index contributed by atoms with van der Waals surface area (Å²) in [4.78, 5) is 13.5. The van der Waals surface area contributed by atoms with Crippen LogP contribution in [0, 0.1) is 5.82 Å². The van der Waals surface area contributed by atoms with Crippen molar-refractivity contribution in [1.29, 1.82) is 0 Å². The largest absolute Gasteiger partial charge is 0.351 e. The molecule has 0 fully saturated rings. The Morgan fingerprint density at radius 1 is 0.941 bits per heavy atom. The number of nitrogens with zero attached hydrogens (tertiary/aromatic N) is 2. The topological polar surface area (TPSA) is 73.1 Å². The number of aryl methyl sites for hydroxylation is 1. The summed E-state index contributed by atoms with van der Waals surface area (Å²) in [5, 5.41) is 4.55. The van der Waals surface area contributed by atoms with Gasteiger partial charge in [0.05, 0.1) is 4.90 Å². The van der Waals surface area contributed by atoms with Crippen LogP contribution < -0.4 is 5.32 Å². The van der Waals surface area contributed by atoms with Crippen LogP contribution in [-0.2, 0) is 23.4 Å². The van der Waals surface area contributed by atoms with Gasteiger partial charge in [-0.3, -0.25) is 4.79 Å². The van der Waals surface area contributed by atoms with Crippen molar-refractivity contribution in [3.8, 4) is 0 Å². The molecular formula is C26H22FN3O3S. The number of hydrogen-bond donors (Lipinski definition) is 1. The monoisotopic (exact) mass is 475 g/mol. The molecule has 0 aliphatic heterocycles. The summed E-state index contributed by atoms with van der Waals surface area (Å²) < 4.78 is 41.7. The van der Waals surface area contributed by atoms with E-state index in [4.69, 9.17) is 0 Å². The number of hydrogen-bond acceptors (Lipinski definition) is 3. The summed E-state index contributed by atoms with van der Waals surface area (Å²) in [6.07, 6.45) is 3.09. The molecular weight excluding hydrogens is 453 g/mol. The Morgan fingerprint density at radius 3 is 2.50 bits per heavy atom. The first-order valence-electron chi connectivity index (χ1n) is 10.6. The van der Waals surface area contributed by atoms with E-state index in [1.54, 1.807) is 34.9 Å². The highest BCUT2D eigenvalue weighted by molar-refractivity contribution is 7.90. The van der Waals surface area contributed by atoms with E-state index in [1.807, 2.05) is 42.1 Å². The Labute approximate surface area is 196 Å². The third-order valence-corrected chi connectivity index (χ3v) is 7.02. The fourth-order valence-corrected chi connectivity index (χ4v) is 4.87. The summed E-state index contributed by atoms with van der Waals surface area (Å²) in [5.74, 6) is -0.709. The number of rotatable bonds is 5. The predicted octanol–water partition coefficient (Wildman–Crippen LogP) is 4.98. The minimum Gasteiger partial charge on any atom is -0.351 e. The molecule has 0 aliphatic rings. The molecule has 5 rings (SSSR count). The van der Waals surface area contributed by atoms with Gasteiger partial charge in [-0.2, -0.15) is 0 Å². The van der Waals surface area contributed by atoms with E-state index < -0.39 is 9.84 Å². The van der Waals surface area contributed by atoms with Gasteiger partial charge in [0.2, 0.25) is 0 Å². The number of anilines is 1. The molecule has 0 saturated carbocycles. The van der Waals surface area contributed by atoms with Crippen LogP contribution in [0.1, 0.15) is 16.1 Å². The van der Waals surface area contributed by atoms with Crippen LogP contribution in [0.3, 0.4) is 0 Å². The molecule has 6 nitrogen and oxygen atoms in total. The minimum absolute atomic E-state index is 0.171. The van der Waals surface area contributed by atoms with Crippen LogP contribution in [0.4, 0.5) is 10.1 Å². The number of fused-ring (bicyclic) bond motifs is 2. The van der Waals surface area contributed by atoms with Gasteiger partial charge in [-0.25, -0.2) is 12.8 Å². The first-order valence-corrected chi connectivity index (χ1v) is 12.5. The van der Waals surface area contributed by atoms with E-state index in [1.165, 1.54) is 18.2 Å². The second-order valence-corrected chi connectivity index (χ2v) is 10.4. The van der Waals surface area contributed by atoms with E-state index in [-0.39, 0.29) is 23.2 Å². The maximum Gasteiger partial charge on any atom is 0.272 e. The minimum atomic E-state index is -3.41. The highest BCUT2D eigenvalue weighted by Gasteiger charge is 2.19. The fraction of sp³-hybridized carbons (Fsp3) is 0.115. The zero-order valence-electron chi connectivity index (χ0n) is 18.6. The van der Waals surface area contributed by atoms with Gasteiger partial charge < -0.3 is 14.5 Å². The van der Waals surface area contributed by atoms with Crippen molar-refractivity contribution in [2.45, 2.75) is 11.4 Å². The molecule has 0 bridgehead atoms. The molecule has 1 amide bonds. The van der Waals surface area contributed by atoms with Crippen molar-refractivity contribution >= 4 is 43.2 Å². The van der Waals surface area contributed by atoms with Gasteiger partial charge in [0.1, 0.15) is 11.5 Å². The van der Waals surface area contributed by atoms with Crippen LogP contribution in [0.5, 0.6) is 0 Å². The van der Waals surface area contributed by atoms with E-state index in [0.29, 0.717) is 27.8 Å². The van der Waals surface area contributed by atoms with Crippen LogP contribution in [0.15, 0.2) is 83.9 Å². The summed E-state index contributed by atoms with van der Waals surface area (Å²) >= 11 is 0. The molecule has 2 heterocycles. The standard InChI is InChI=1S/C26H22FN3O3S/c1-29-11-10-18-13-21(6-8-23(18)29)28-26(31)25-15-19-14-22(34(2,32)33)7-9-24(19)30(25)16-17-4-3-5-20(27)12-17/h3-15H,16H2,1-2H3,(H,28,31). The first-order chi connectivity index (χ1) is 16.2. The van der Waals surface area contributed by atoms with Crippen molar-refractivity contribution in [3.63, 3.8) is 0 Å². The van der Waals surface area contributed by atoms with Gasteiger partial charge >= 0.3 is 0 Å². The van der Waals surface area contributed by atoms with E-state index >= 15 is 0 Å². The van der Waals surface area contributed by atoms with Gasteiger partial charge in [0.15, 0.2) is 9.84 Å². The molecule has 172 valence electrons. The lowest BCUT2D eigenvalue weighted by molar-refractivity contribution is 0.101. The molecule has 1 N–H and O–H groups in total. The second-order valence-electron chi connectivity index (χ2n) is 8.39. The number of benzene rings is 3. The van der Waals surface area contributed by atoms with Crippen LogP contribution >= 0.6 is 0 Å². The highest BCUT2D eigenvalue weighted by atomic mass is 32.2. The summed E-state index contributed by atoms with van der Waals surface area (Å²) in [6, 6.07) is 20.2. The lowest BCUT2D eigenvalue weighted by Gasteiger charge is -2.12. The number of carbonyl (C=O) groups excluding carboxylic acids is 1. The molecule has 0 aliphatic carbocycles. The van der Waals surface area contributed by atoms with E-state index in [2.05, 4.69) is 5.32 Å². The molecule has 8 heteroatoms. The number of sulfone groups is 1. The van der Waals surface area contributed by atoms with Crippen molar-refractivity contribution in [2.75, 3.05) is 11.6 Å². The Balaban J connectivity index is 1.58. The molecule has 5 aromatic rings. The molecule has 0 saturated heterocycles. The Morgan fingerprint density at radius 2 is 1.74 bits per heavy atom. The van der Waals surface area contributed by atoms with Crippen molar-refractivity contribution in [2.24, 2.45) is 7.05 Å². The molecule has 0 spiro atoms. The molecule has 0 radical (unpaired) electrons. The Hall–Kier alpha value is -3.91. The maximum absolute atomic E-state index is 13.8. The highest BCUT2D eigenvalue weighted by Crippen LogP contribution is 2.26. The smallest absolute Gasteiger partial charge is 0.272 e. The van der Waals surface area contributed by atoms with E-state index in [0.717, 1.165) is 17.2 Å². The molecule has 2 aromatic heterocycles. The summed E-state index contributed by atoms with van der Waals surface area (Å²) in [6.45, 7) is 0.250. The third kappa shape index (κ3) is 4.08. The van der Waals surface area contributed by atoms with Crippen molar-refractivity contribution < 1.29 is 17.6 Å². The van der Waals surface area contributed by atoms with Gasteiger partial charge in [0.25, 0.3) is 5.91 Å². The molecule has 0 atom stereocenters. The normalized spacial score (nSPS) is 11.9. The first kappa shape index (κ1) is 21.9. The predicted molar refractivity (Wildman–Crippen MR) is 131 cm³/mol. The van der Waals surface area contributed by atoms with Gasteiger partial charge in [0, 0.05) is 53.5 Å². The number of halogens is 1.